The lowest BCUT2D eigenvalue weighted by Crippen LogP contribution is -2.26. The van der Waals surface area contributed by atoms with Crippen molar-refractivity contribution in [1.29, 1.82) is 0 Å². The summed E-state index contributed by atoms with van der Waals surface area (Å²) in [6, 6.07) is 6.01. The molecule has 1 saturated heterocycles. The van der Waals surface area contributed by atoms with Crippen LogP contribution < -0.4 is 9.47 Å². The predicted octanol–water partition coefficient (Wildman–Crippen LogP) is 3.37. The molecule has 1 aromatic rings. The predicted molar refractivity (Wildman–Crippen MR) is 110 cm³/mol. The molecule has 0 saturated carbocycles. The van der Waals surface area contributed by atoms with Crippen molar-refractivity contribution in [2.45, 2.75) is 39.9 Å². The maximum atomic E-state index is 11.7. The summed E-state index contributed by atoms with van der Waals surface area (Å²) >= 11 is 0. The minimum atomic E-state index is -5.08. The summed E-state index contributed by atoms with van der Waals surface area (Å²) in [5, 5.41) is 7.12. The van der Waals surface area contributed by atoms with Crippen molar-refractivity contribution in [3.63, 3.8) is 0 Å². The Hall–Kier alpha value is -2.01. The third-order valence-corrected chi connectivity index (χ3v) is 5.89. The van der Waals surface area contributed by atoms with Gasteiger partial charge in [-0.25, -0.2) is 13.2 Å². The lowest BCUT2D eigenvalue weighted by molar-refractivity contribution is -0.192. The molecular formula is C20H30F3NO6S. The van der Waals surface area contributed by atoms with Crippen LogP contribution >= 0.6 is 0 Å². The van der Waals surface area contributed by atoms with Crippen LogP contribution in [0.5, 0.6) is 11.5 Å². The van der Waals surface area contributed by atoms with Gasteiger partial charge in [-0.1, -0.05) is 19.9 Å². The minimum absolute atomic E-state index is 0.251. The van der Waals surface area contributed by atoms with Gasteiger partial charge in [-0.15, -0.1) is 0 Å². The highest BCUT2D eigenvalue weighted by atomic mass is 32.2. The first-order valence-corrected chi connectivity index (χ1v) is 11.8. The molecule has 0 atom stereocenters. The van der Waals surface area contributed by atoms with E-state index in [1.807, 2.05) is 25.1 Å². The second-order valence-electron chi connectivity index (χ2n) is 7.50. The molecular weight excluding hydrogens is 439 g/mol. The van der Waals surface area contributed by atoms with E-state index < -0.39 is 22.0 Å². The van der Waals surface area contributed by atoms with Gasteiger partial charge >= 0.3 is 12.1 Å². The molecule has 0 amide bonds. The number of halogens is 3. The molecule has 7 nitrogen and oxygen atoms in total. The molecule has 1 aliphatic rings. The van der Waals surface area contributed by atoms with E-state index in [1.165, 1.54) is 0 Å². The van der Waals surface area contributed by atoms with Crippen LogP contribution in [0.1, 0.15) is 32.8 Å². The van der Waals surface area contributed by atoms with E-state index in [4.69, 9.17) is 19.4 Å². The molecule has 11 heteroatoms. The molecule has 0 bridgehead atoms. The zero-order valence-corrected chi connectivity index (χ0v) is 18.8. The van der Waals surface area contributed by atoms with Crippen LogP contribution in [0.3, 0.4) is 0 Å². The normalized spacial score (nSPS) is 16.7. The van der Waals surface area contributed by atoms with Crippen LogP contribution in [0.2, 0.25) is 0 Å². The third kappa shape index (κ3) is 10.7. The van der Waals surface area contributed by atoms with Crippen LogP contribution in [0, 0.1) is 5.92 Å². The van der Waals surface area contributed by atoms with E-state index in [2.05, 4.69) is 18.7 Å². The molecule has 31 heavy (non-hydrogen) atoms. The maximum absolute atomic E-state index is 11.7. The van der Waals surface area contributed by atoms with Gasteiger partial charge in [-0.2, -0.15) is 13.2 Å². The van der Waals surface area contributed by atoms with Crippen molar-refractivity contribution in [1.82, 2.24) is 4.90 Å². The molecule has 0 radical (unpaired) electrons. The van der Waals surface area contributed by atoms with E-state index in [0.717, 1.165) is 30.2 Å². The number of carbonyl (C=O) groups is 1. The SMILES string of the molecule is CCOc1cc(CN2CCCS(=O)(=O)CC2)ccc1OCC(C)C.O=C(O)C(F)(F)F. The topological polar surface area (TPSA) is 93.1 Å². The van der Waals surface area contributed by atoms with Crippen molar-refractivity contribution in [3.05, 3.63) is 23.8 Å². The molecule has 1 aromatic carbocycles. The van der Waals surface area contributed by atoms with Crippen LogP contribution in [0.25, 0.3) is 0 Å². The van der Waals surface area contributed by atoms with E-state index in [1.54, 1.807) is 0 Å². The average Bonchev–Trinajstić information content (AvgIpc) is 2.81. The quantitative estimate of drug-likeness (QED) is 0.654. The van der Waals surface area contributed by atoms with E-state index in [-0.39, 0.29) is 5.75 Å². The number of benzene rings is 1. The largest absolute Gasteiger partial charge is 0.490 e. The molecule has 1 fully saturated rings. The number of carboxylic acid groups (broad SMARTS) is 1. The molecule has 0 spiro atoms. The monoisotopic (exact) mass is 469 g/mol. The molecule has 1 N–H and O–H groups in total. The fraction of sp³-hybridized carbons (Fsp3) is 0.650. The summed E-state index contributed by atoms with van der Waals surface area (Å²) < 4.78 is 66.7. The summed E-state index contributed by atoms with van der Waals surface area (Å²) in [7, 11) is -2.87. The van der Waals surface area contributed by atoms with E-state index in [9.17, 15) is 21.6 Å². The lowest BCUT2D eigenvalue weighted by atomic mass is 10.1. The molecule has 0 aromatic heterocycles. The second kappa shape index (κ2) is 12.1. The minimum Gasteiger partial charge on any atom is -0.490 e. The number of alkyl halides is 3. The summed E-state index contributed by atoms with van der Waals surface area (Å²) in [6.07, 6.45) is -4.38. The highest BCUT2D eigenvalue weighted by Crippen LogP contribution is 2.29. The van der Waals surface area contributed by atoms with E-state index >= 15 is 0 Å². The first kappa shape index (κ1) is 27.0. The summed E-state index contributed by atoms with van der Waals surface area (Å²) in [5.74, 6) is -0.215. The number of hydrogen-bond donors (Lipinski definition) is 1. The lowest BCUT2D eigenvalue weighted by Gasteiger charge is -2.20. The molecule has 1 aliphatic heterocycles. The van der Waals surface area contributed by atoms with Crippen molar-refractivity contribution < 1.29 is 41.0 Å². The Morgan fingerprint density at radius 3 is 2.35 bits per heavy atom. The van der Waals surface area contributed by atoms with Crippen molar-refractivity contribution in [3.8, 4) is 11.5 Å². The average molecular weight is 470 g/mol. The number of ether oxygens (including phenoxy) is 2. The Morgan fingerprint density at radius 2 is 1.81 bits per heavy atom. The number of aliphatic carboxylic acids is 1. The van der Waals surface area contributed by atoms with Crippen molar-refractivity contribution >= 4 is 15.8 Å². The van der Waals surface area contributed by atoms with Gasteiger partial charge in [0.1, 0.15) is 0 Å². The fourth-order valence-corrected chi connectivity index (χ4v) is 4.01. The van der Waals surface area contributed by atoms with Crippen molar-refractivity contribution in [2.24, 2.45) is 5.92 Å². The molecule has 0 unspecified atom stereocenters. The summed E-state index contributed by atoms with van der Waals surface area (Å²) in [5.41, 5.74) is 1.12. The molecule has 178 valence electrons. The number of hydrogen-bond acceptors (Lipinski definition) is 6. The number of rotatable bonds is 7. The van der Waals surface area contributed by atoms with Gasteiger partial charge in [-0.05, 0) is 43.5 Å². The highest BCUT2D eigenvalue weighted by Gasteiger charge is 2.38. The summed E-state index contributed by atoms with van der Waals surface area (Å²) in [4.78, 5) is 11.1. The highest BCUT2D eigenvalue weighted by molar-refractivity contribution is 7.91. The Labute approximate surface area is 181 Å². The van der Waals surface area contributed by atoms with Gasteiger partial charge < -0.3 is 14.6 Å². The van der Waals surface area contributed by atoms with Gasteiger partial charge in [0.25, 0.3) is 0 Å². The van der Waals surface area contributed by atoms with Gasteiger partial charge in [0.15, 0.2) is 21.3 Å². The Balaban J connectivity index is 0.000000592. The van der Waals surface area contributed by atoms with Crippen LogP contribution in [0.4, 0.5) is 13.2 Å². The third-order valence-electron chi connectivity index (χ3n) is 4.18. The summed E-state index contributed by atoms with van der Waals surface area (Å²) in [6.45, 7) is 9.57. The number of sulfone groups is 1. The Morgan fingerprint density at radius 1 is 1.16 bits per heavy atom. The molecule has 1 heterocycles. The standard InChI is InChI=1S/C18H29NO4S.C2HF3O2/c1-4-22-18-12-16(6-7-17(18)23-14-15(2)3)13-19-8-5-10-24(20,21)11-9-19;3-2(4,5)1(6)7/h6-7,12,15H,4-5,8-11,13-14H2,1-3H3;(H,6,7). The zero-order chi connectivity index (χ0) is 23.7. The van der Waals surface area contributed by atoms with Gasteiger partial charge in [0.05, 0.1) is 24.7 Å². The smallest absolute Gasteiger partial charge is 0.490 e. The van der Waals surface area contributed by atoms with Crippen molar-refractivity contribution in [2.75, 3.05) is 37.8 Å². The van der Waals surface area contributed by atoms with Crippen LogP contribution in [-0.4, -0.2) is 68.4 Å². The fourth-order valence-electron chi connectivity index (χ4n) is 2.70. The first-order valence-electron chi connectivity index (χ1n) is 9.95. The first-order chi connectivity index (χ1) is 14.3. The number of nitrogens with zero attached hydrogens (tertiary/aromatic N) is 1. The zero-order valence-electron chi connectivity index (χ0n) is 17.9. The molecule has 2 rings (SSSR count). The van der Waals surface area contributed by atoms with Crippen LogP contribution in [-0.2, 0) is 21.2 Å². The Kier molecular flexibility index (Phi) is 10.6. The van der Waals surface area contributed by atoms with Gasteiger partial charge in [0.2, 0.25) is 0 Å². The molecule has 0 aliphatic carbocycles. The van der Waals surface area contributed by atoms with Crippen LogP contribution in [0.15, 0.2) is 18.2 Å². The van der Waals surface area contributed by atoms with Gasteiger partial charge in [-0.3, -0.25) is 4.90 Å². The maximum Gasteiger partial charge on any atom is 0.490 e. The number of carboxylic acids is 1. The Bertz CT molecular complexity index is 812. The van der Waals surface area contributed by atoms with Gasteiger partial charge in [0, 0.05) is 13.1 Å². The second-order valence-corrected chi connectivity index (χ2v) is 9.81. The van der Waals surface area contributed by atoms with E-state index in [0.29, 0.717) is 37.9 Å².